The van der Waals surface area contributed by atoms with E-state index in [0.717, 1.165) is 5.82 Å². The Bertz CT molecular complexity index is 361. The van der Waals surface area contributed by atoms with Crippen molar-refractivity contribution in [3.63, 3.8) is 0 Å². The third kappa shape index (κ3) is 2.40. The lowest BCUT2D eigenvalue weighted by molar-refractivity contribution is 0.426. The molecule has 1 heterocycles. The van der Waals surface area contributed by atoms with Crippen molar-refractivity contribution >= 4 is 23.1 Å². The standard InChI is InChI=1S/C12H18ClN3/c1-16(9-5-3-2-4-6-9)12-10(14)7-8-11(13)15-12/h7-9H,2-6,14H2,1H3. The van der Waals surface area contributed by atoms with Crippen LogP contribution in [0, 0.1) is 0 Å². The van der Waals surface area contributed by atoms with Gasteiger partial charge in [0.15, 0.2) is 5.82 Å². The number of aromatic nitrogens is 1. The molecule has 0 atom stereocenters. The molecule has 0 aliphatic heterocycles. The first kappa shape index (κ1) is 11.5. The van der Waals surface area contributed by atoms with E-state index >= 15 is 0 Å². The van der Waals surface area contributed by atoms with E-state index in [1.54, 1.807) is 6.07 Å². The fourth-order valence-electron chi connectivity index (χ4n) is 2.36. The van der Waals surface area contributed by atoms with E-state index in [-0.39, 0.29) is 0 Å². The van der Waals surface area contributed by atoms with Gasteiger partial charge in [-0.3, -0.25) is 0 Å². The zero-order chi connectivity index (χ0) is 11.5. The Kier molecular flexibility index (Phi) is 3.54. The summed E-state index contributed by atoms with van der Waals surface area (Å²) in [5, 5.41) is 0.506. The number of halogens is 1. The number of hydrogen-bond acceptors (Lipinski definition) is 3. The fourth-order valence-corrected chi connectivity index (χ4v) is 2.50. The van der Waals surface area contributed by atoms with Crippen molar-refractivity contribution < 1.29 is 0 Å². The van der Waals surface area contributed by atoms with E-state index in [9.17, 15) is 0 Å². The number of nitrogens with zero attached hydrogens (tertiary/aromatic N) is 2. The summed E-state index contributed by atoms with van der Waals surface area (Å²) in [5.74, 6) is 0.819. The molecule has 1 fully saturated rings. The van der Waals surface area contributed by atoms with Gasteiger partial charge in [0.05, 0.1) is 5.69 Å². The quantitative estimate of drug-likeness (QED) is 0.807. The topological polar surface area (TPSA) is 42.2 Å². The Morgan fingerprint density at radius 1 is 1.31 bits per heavy atom. The molecule has 4 heteroatoms. The Hall–Kier alpha value is -0.960. The van der Waals surface area contributed by atoms with Crippen LogP contribution < -0.4 is 10.6 Å². The number of rotatable bonds is 2. The molecule has 2 rings (SSSR count). The number of anilines is 2. The first-order valence-corrected chi connectivity index (χ1v) is 6.21. The highest BCUT2D eigenvalue weighted by molar-refractivity contribution is 6.29. The highest BCUT2D eigenvalue weighted by Crippen LogP contribution is 2.29. The van der Waals surface area contributed by atoms with Crippen molar-refractivity contribution in [2.24, 2.45) is 0 Å². The first-order valence-electron chi connectivity index (χ1n) is 5.83. The summed E-state index contributed by atoms with van der Waals surface area (Å²) in [5.41, 5.74) is 6.64. The van der Waals surface area contributed by atoms with Crippen LogP contribution in [-0.2, 0) is 0 Å². The van der Waals surface area contributed by atoms with Crippen LogP contribution in [0.2, 0.25) is 5.15 Å². The average Bonchev–Trinajstić information content (AvgIpc) is 2.32. The maximum atomic E-state index is 5.93. The Morgan fingerprint density at radius 3 is 2.69 bits per heavy atom. The second-order valence-corrected chi connectivity index (χ2v) is 4.84. The van der Waals surface area contributed by atoms with Gasteiger partial charge in [0.2, 0.25) is 0 Å². The molecule has 0 bridgehead atoms. The van der Waals surface area contributed by atoms with Crippen LogP contribution in [0.25, 0.3) is 0 Å². The molecule has 2 N–H and O–H groups in total. The smallest absolute Gasteiger partial charge is 0.153 e. The van der Waals surface area contributed by atoms with Crippen molar-refractivity contribution in [2.75, 3.05) is 17.7 Å². The van der Waals surface area contributed by atoms with Crippen LogP contribution in [-0.4, -0.2) is 18.1 Å². The lowest BCUT2D eigenvalue weighted by Crippen LogP contribution is -2.34. The van der Waals surface area contributed by atoms with Crippen LogP contribution in [0.3, 0.4) is 0 Å². The fraction of sp³-hybridized carbons (Fsp3) is 0.583. The monoisotopic (exact) mass is 239 g/mol. The third-order valence-electron chi connectivity index (χ3n) is 3.33. The molecule has 3 nitrogen and oxygen atoms in total. The maximum Gasteiger partial charge on any atom is 0.153 e. The van der Waals surface area contributed by atoms with Gasteiger partial charge in [0.1, 0.15) is 5.15 Å². The van der Waals surface area contributed by atoms with Crippen LogP contribution >= 0.6 is 11.6 Å². The molecule has 0 aromatic carbocycles. The van der Waals surface area contributed by atoms with Gasteiger partial charge in [-0.25, -0.2) is 4.98 Å². The molecule has 1 aliphatic carbocycles. The molecule has 1 aliphatic rings. The van der Waals surface area contributed by atoms with Crippen LogP contribution in [0.1, 0.15) is 32.1 Å². The minimum atomic E-state index is 0.506. The van der Waals surface area contributed by atoms with Crippen LogP contribution in [0.15, 0.2) is 12.1 Å². The lowest BCUT2D eigenvalue weighted by Gasteiger charge is -2.32. The predicted molar refractivity (Wildman–Crippen MR) is 68.9 cm³/mol. The van der Waals surface area contributed by atoms with Crippen LogP contribution in [0.4, 0.5) is 11.5 Å². The molecule has 0 saturated heterocycles. The summed E-state index contributed by atoms with van der Waals surface area (Å²) in [7, 11) is 2.06. The second-order valence-electron chi connectivity index (χ2n) is 4.45. The van der Waals surface area contributed by atoms with E-state index in [0.29, 0.717) is 16.9 Å². The van der Waals surface area contributed by atoms with Gasteiger partial charge in [-0.15, -0.1) is 0 Å². The Morgan fingerprint density at radius 2 is 2.00 bits per heavy atom. The summed E-state index contributed by atoms with van der Waals surface area (Å²) >= 11 is 5.91. The lowest BCUT2D eigenvalue weighted by atomic mass is 9.94. The Labute approximate surface area is 102 Å². The van der Waals surface area contributed by atoms with Gasteiger partial charge in [-0.1, -0.05) is 30.9 Å². The zero-order valence-electron chi connectivity index (χ0n) is 9.62. The Balaban J connectivity index is 2.18. The molecule has 0 spiro atoms. The van der Waals surface area contributed by atoms with E-state index < -0.39 is 0 Å². The van der Waals surface area contributed by atoms with Crippen molar-refractivity contribution in [3.8, 4) is 0 Å². The van der Waals surface area contributed by atoms with Crippen molar-refractivity contribution in [2.45, 2.75) is 38.1 Å². The average molecular weight is 240 g/mol. The number of nitrogens with two attached hydrogens (primary N) is 1. The summed E-state index contributed by atoms with van der Waals surface area (Å²) in [6, 6.07) is 4.11. The molecular weight excluding hydrogens is 222 g/mol. The van der Waals surface area contributed by atoms with Crippen molar-refractivity contribution in [1.82, 2.24) is 4.98 Å². The predicted octanol–water partition coefficient (Wildman–Crippen LogP) is 3.09. The van der Waals surface area contributed by atoms with Gasteiger partial charge in [-0.2, -0.15) is 0 Å². The molecule has 0 amide bonds. The second kappa shape index (κ2) is 4.91. The minimum absolute atomic E-state index is 0.506. The summed E-state index contributed by atoms with van der Waals surface area (Å²) in [6.07, 6.45) is 6.40. The van der Waals surface area contributed by atoms with E-state index in [1.807, 2.05) is 6.07 Å². The SMILES string of the molecule is CN(c1nc(Cl)ccc1N)C1CCCCC1. The zero-order valence-corrected chi connectivity index (χ0v) is 10.4. The van der Waals surface area contributed by atoms with Crippen LogP contribution in [0.5, 0.6) is 0 Å². The van der Waals surface area contributed by atoms with Gasteiger partial charge in [0, 0.05) is 13.1 Å². The van der Waals surface area contributed by atoms with E-state index in [1.165, 1.54) is 32.1 Å². The number of nitrogen functional groups attached to an aromatic ring is 1. The van der Waals surface area contributed by atoms with Gasteiger partial charge in [0.25, 0.3) is 0 Å². The normalized spacial score (nSPS) is 17.4. The summed E-state index contributed by atoms with van der Waals surface area (Å²) < 4.78 is 0. The molecule has 1 saturated carbocycles. The highest BCUT2D eigenvalue weighted by atomic mass is 35.5. The van der Waals surface area contributed by atoms with Crippen molar-refractivity contribution in [3.05, 3.63) is 17.3 Å². The minimum Gasteiger partial charge on any atom is -0.396 e. The third-order valence-corrected chi connectivity index (χ3v) is 3.54. The van der Waals surface area contributed by atoms with Gasteiger partial charge < -0.3 is 10.6 Å². The maximum absolute atomic E-state index is 5.93. The molecular formula is C12H18ClN3. The molecule has 0 unspecified atom stereocenters. The number of hydrogen-bond donors (Lipinski definition) is 1. The molecule has 16 heavy (non-hydrogen) atoms. The van der Waals surface area contributed by atoms with Gasteiger partial charge in [-0.05, 0) is 25.0 Å². The first-order chi connectivity index (χ1) is 7.68. The summed E-state index contributed by atoms with van der Waals surface area (Å²) in [4.78, 5) is 6.50. The molecule has 1 aromatic rings. The van der Waals surface area contributed by atoms with Gasteiger partial charge >= 0.3 is 0 Å². The number of pyridine rings is 1. The molecule has 0 radical (unpaired) electrons. The van der Waals surface area contributed by atoms with E-state index in [4.69, 9.17) is 17.3 Å². The highest BCUT2D eigenvalue weighted by Gasteiger charge is 2.20. The molecule has 88 valence electrons. The van der Waals surface area contributed by atoms with Crippen molar-refractivity contribution in [1.29, 1.82) is 0 Å². The summed E-state index contributed by atoms with van der Waals surface area (Å²) in [6.45, 7) is 0. The largest absolute Gasteiger partial charge is 0.396 e. The molecule has 1 aromatic heterocycles. The van der Waals surface area contributed by atoms with E-state index in [2.05, 4.69) is 16.9 Å².